The Hall–Kier alpha value is -1.24. The van der Waals surface area contributed by atoms with Crippen molar-refractivity contribution in [3.63, 3.8) is 0 Å². The van der Waals surface area contributed by atoms with Crippen LogP contribution < -0.4 is 11.1 Å². The van der Waals surface area contributed by atoms with Gasteiger partial charge in [-0.3, -0.25) is 9.00 Å². The van der Waals surface area contributed by atoms with Gasteiger partial charge < -0.3 is 15.8 Å². The summed E-state index contributed by atoms with van der Waals surface area (Å²) in [6.45, 7) is 7.21. The van der Waals surface area contributed by atoms with E-state index < -0.39 is 16.8 Å². The van der Waals surface area contributed by atoms with Crippen molar-refractivity contribution < 1.29 is 13.7 Å². The monoisotopic (exact) mass is 352 g/mol. The molecule has 2 atom stereocenters. The maximum atomic E-state index is 12.4. The number of ether oxygens (including phenoxy) is 1. The molecule has 6 heteroatoms. The average molecular weight is 353 g/mol. The van der Waals surface area contributed by atoms with Gasteiger partial charge >= 0.3 is 0 Å². The quantitative estimate of drug-likeness (QED) is 0.853. The van der Waals surface area contributed by atoms with Crippen molar-refractivity contribution in [2.75, 3.05) is 18.5 Å². The van der Waals surface area contributed by atoms with E-state index in [1.54, 1.807) is 0 Å². The van der Waals surface area contributed by atoms with Gasteiger partial charge in [0.25, 0.3) is 0 Å². The van der Waals surface area contributed by atoms with E-state index in [0.717, 1.165) is 18.4 Å². The maximum absolute atomic E-state index is 12.4. The summed E-state index contributed by atoms with van der Waals surface area (Å²) in [5.41, 5.74) is 7.74. The average Bonchev–Trinajstić information content (AvgIpc) is 2.54. The van der Waals surface area contributed by atoms with Gasteiger partial charge in [-0.25, -0.2) is 0 Å². The van der Waals surface area contributed by atoms with E-state index >= 15 is 0 Å². The molecular weight excluding hydrogens is 324 g/mol. The topological polar surface area (TPSA) is 81.4 Å². The van der Waals surface area contributed by atoms with Crippen LogP contribution in [0.2, 0.25) is 0 Å². The predicted molar refractivity (Wildman–Crippen MR) is 98.2 cm³/mol. The highest BCUT2D eigenvalue weighted by molar-refractivity contribution is 7.85. The Balaban J connectivity index is 1.98. The zero-order valence-electron chi connectivity index (χ0n) is 14.7. The molecule has 1 heterocycles. The van der Waals surface area contributed by atoms with E-state index in [-0.39, 0.29) is 16.6 Å². The number of carbonyl (C=O) groups is 1. The van der Waals surface area contributed by atoms with Crippen LogP contribution in [0, 0.1) is 5.92 Å². The molecule has 0 saturated carbocycles. The normalized spacial score (nSPS) is 18.8. The fourth-order valence-electron chi connectivity index (χ4n) is 2.62. The van der Waals surface area contributed by atoms with Crippen molar-refractivity contribution in [1.29, 1.82) is 0 Å². The smallest absolute Gasteiger partial charge is 0.241 e. The van der Waals surface area contributed by atoms with Gasteiger partial charge in [0.2, 0.25) is 5.91 Å². The molecule has 0 bridgehead atoms. The molecule has 2 unspecified atom stereocenters. The van der Waals surface area contributed by atoms with Crippen LogP contribution in [0.1, 0.15) is 39.2 Å². The molecule has 0 aliphatic carbocycles. The second-order valence-corrected chi connectivity index (χ2v) is 9.47. The summed E-state index contributed by atoms with van der Waals surface area (Å²) in [6.07, 6.45) is 1.64. The number of carbonyl (C=O) groups excluding carboxylic acids is 1. The van der Waals surface area contributed by atoms with Gasteiger partial charge in [-0.2, -0.15) is 0 Å². The van der Waals surface area contributed by atoms with Crippen LogP contribution >= 0.6 is 0 Å². The number of hydrogen-bond acceptors (Lipinski definition) is 4. The van der Waals surface area contributed by atoms with Crippen LogP contribution in [0.5, 0.6) is 0 Å². The molecule has 0 radical (unpaired) electrons. The Labute approximate surface area is 146 Å². The molecule has 5 nitrogen and oxygen atoms in total. The van der Waals surface area contributed by atoms with Crippen LogP contribution in [-0.4, -0.2) is 34.1 Å². The minimum atomic E-state index is -0.973. The Morgan fingerprint density at radius 3 is 2.67 bits per heavy atom. The van der Waals surface area contributed by atoms with Crippen LogP contribution in [-0.2, 0) is 26.1 Å². The third-order valence-electron chi connectivity index (χ3n) is 4.25. The molecule has 0 aromatic heterocycles. The fourth-order valence-corrected chi connectivity index (χ4v) is 3.54. The van der Waals surface area contributed by atoms with Gasteiger partial charge in [0, 0.05) is 40.2 Å². The third kappa shape index (κ3) is 5.40. The second kappa shape index (κ2) is 8.23. The van der Waals surface area contributed by atoms with Gasteiger partial charge in [0.15, 0.2) is 0 Å². The molecule has 134 valence electrons. The van der Waals surface area contributed by atoms with E-state index in [0.29, 0.717) is 24.7 Å². The van der Waals surface area contributed by atoms with Gasteiger partial charge in [-0.15, -0.1) is 0 Å². The number of hydrogen-bond donors (Lipinski definition) is 2. The number of rotatable bonds is 5. The number of anilines is 1. The molecule has 1 aliphatic heterocycles. The molecule has 1 amide bonds. The highest BCUT2D eigenvalue weighted by atomic mass is 32.2. The van der Waals surface area contributed by atoms with Crippen molar-refractivity contribution >= 4 is 22.4 Å². The lowest BCUT2D eigenvalue weighted by atomic mass is 9.92. The van der Waals surface area contributed by atoms with Crippen molar-refractivity contribution in [2.45, 2.75) is 50.2 Å². The molecular formula is C18H28N2O3S. The molecule has 1 saturated heterocycles. The van der Waals surface area contributed by atoms with Crippen LogP contribution in [0.15, 0.2) is 24.3 Å². The summed E-state index contributed by atoms with van der Waals surface area (Å²) in [4.78, 5) is 12.4. The van der Waals surface area contributed by atoms with Crippen molar-refractivity contribution in [3.8, 4) is 0 Å². The maximum Gasteiger partial charge on any atom is 0.241 e. The third-order valence-corrected chi connectivity index (χ3v) is 6.21. The summed E-state index contributed by atoms with van der Waals surface area (Å²) in [7, 11) is -0.973. The molecule has 1 aromatic carbocycles. The van der Waals surface area contributed by atoms with E-state index in [1.165, 1.54) is 0 Å². The molecule has 3 N–H and O–H groups in total. The van der Waals surface area contributed by atoms with E-state index in [9.17, 15) is 9.00 Å². The molecule has 1 fully saturated rings. The summed E-state index contributed by atoms with van der Waals surface area (Å²) in [6, 6.07) is 6.97. The lowest BCUT2D eigenvalue weighted by Gasteiger charge is -2.26. The van der Waals surface area contributed by atoms with Gasteiger partial charge in [-0.1, -0.05) is 12.1 Å². The minimum Gasteiger partial charge on any atom is -0.381 e. The lowest BCUT2D eigenvalue weighted by Crippen LogP contribution is -2.44. The highest BCUT2D eigenvalue weighted by Crippen LogP contribution is 2.21. The van der Waals surface area contributed by atoms with E-state index in [4.69, 9.17) is 10.5 Å². The first-order chi connectivity index (χ1) is 11.3. The van der Waals surface area contributed by atoms with Crippen LogP contribution in [0.4, 0.5) is 5.69 Å². The largest absolute Gasteiger partial charge is 0.381 e. The first-order valence-electron chi connectivity index (χ1n) is 8.39. The first kappa shape index (κ1) is 19.1. The number of amides is 1. The zero-order chi connectivity index (χ0) is 17.7. The lowest BCUT2D eigenvalue weighted by molar-refractivity contribution is -0.119. The Morgan fingerprint density at radius 2 is 2.04 bits per heavy atom. The van der Waals surface area contributed by atoms with Crippen LogP contribution in [0.25, 0.3) is 0 Å². The number of benzene rings is 1. The fraction of sp³-hybridized carbons (Fsp3) is 0.611. The standard InChI is InChI=1S/C18H28N2O3S/c1-18(2,3)24(22)12-13-5-4-6-15(11-13)20-17(21)16(19)14-7-9-23-10-8-14/h4-6,11,14,16H,7-10,12,19H2,1-3H3,(H,20,21). The van der Waals surface area contributed by atoms with Crippen molar-refractivity contribution in [3.05, 3.63) is 29.8 Å². The van der Waals surface area contributed by atoms with Gasteiger partial charge in [0.1, 0.15) is 0 Å². The molecule has 1 aromatic rings. The first-order valence-corrected chi connectivity index (χ1v) is 9.71. The Bertz CT molecular complexity index is 592. The summed E-state index contributed by atoms with van der Waals surface area (Å²) < 4.78 is 17.3. The van der Waals surface area contributed by atoms with Gasteiger partial charge in [0.05, 0.1) is 6.04 Å². The molecule has 1 aliphatic rings. The SMILES string of the molecule is CC(C)(C)S(=O)Cc1cccc(NC(=O)C(N)C2CCOCC2)c1. The summed E-state index contributed by atoms with van der Waals surface area (Å²) >= 11 is 0. The molecule has 2 rings (SSSR count). The highest BCUT2D eigenvalue weighted by Gasteiger charge is 2.26. The summed E-state index contributed by atoms with van der Waals surface area (Å²) in [5, 5.41) is 2.89. The van der Waals surface area contributed by atoms with Crippen molar-refractivity contribution in [1.82, 2.24) is 0 Å². The number of nitrogens with two attached hydrogens (primary N) is 1. The predicted octanol–water partition coefficient (Wildman–Crippen LogP) is 2.43. The molecule has 0 spiro atoms. The zero-order valence-corrected chi connectivity index (χ0v) is 15.5. The number of nitrogens with one attached hydrogen (secondary N) is 1. The van der Waals surface area contributed by atoms with Crippen molar-refractivity contribution in [2.24, 2.45) is 11.7 Å². The second-order valence-electron chi connectivity index (χ2n) is 7.27. The Kier molecular flexibility index (Phi) is 6.54. The van der Waals surface area contributed by atoms with Crippen LogP contribution in [0.3, 0.4) is 0 Å². The molecule has 24 heavy (non-hydrogen) atoms. The van der Waals surface area contributed by atoms with E-state index in [2.05, 4.69) is 5.32 Å². The van der Waals surface area contributed by atoms with Gasteiger partial charge in [-0.05, 0) is 57.2 Å². The Morgan fingerprint density at radius 1 is 1.38 bits per heavy atom. The minimum absolute atomic E-state index is 0.162. The summed E-state index contributed by atoms with van der Waals surface area (Å²) in [5.74, 6) is 0.463. The van der Waals surface area contributed by atoms with E-state index in [1.807, 2.05) is 45.0 Å².